The van der Waals surface area contributed by atoms with E-state index in [1.807, 2.05) is 19.1 Å². The minimum Gasteiger partial charge on any atom is -0.468 e. The molecule has 0 amide bonds. The van der Waals surface area contributed by atoms with Gasteiger partial charge in [0.1, 0.15) is 5.25 Å². The number of carbonyl (C=O) groups excluding carboxylic acids is 1. The van der Waals surface area contributed by atoms with Crippen molar-refractivity contribution in [3.8, 4) is 5.69 Å². The van der Waals surface area contributed by atoms with Gasteiger partial charge in [0.15, 0.2) is 0 Å². The summed E-state index contributed by atoms with van der Waals surface area (Å²) >= 11 is 7.18. The molecule has 1 aromatic carbocycles. The lowest BCUT2D eigenvalue weighted by atomic mass is 10.1. The number of ether oxygens (including phenoxy) is 1. The lowest BCUT2D eigenvalue weighted by molar-refractivity contribution is -0.140. The first-order valence-electron chi connectivity index (χ1n) is 8.02. The van der Waals surface area contributed by atoms with Crippen molar-refractivity contribution in [2.45, 2.75) is 25.8 Å². The molecule has 1 aliphatic rings. The molecule has 1 fully saturated rings. The highest BCUT2D eigenvalue weighted by Crippen LogP contribution is 2.20. The second kappa shape index (κ2) is 7.67. The zero-order chi connectivity index (χ0) is 18.0. The summed E-state index contributed by atoms with van der Waals surface area (Å²) in [5.74, 6) is 0.690. The molecule has 1 aromatic heterocycles. The van der Waals surface area contributed by atoms with Crippen LogP contribution in [0.2, 0.25) is 0 Å². The molecule has 0 spiro atoms. The second-order valence-corrected chi connectivity index (χ2v) is 7.74. The maximum absolute atomic E-state index is 11.8. The SMILES string of the molecule is COC(=O)[C@@H]1CN(Cn2nnn(-c3ccc(C)cc3C)c2=S)CCS1. The number of carbonyl (C=O) groups is 1. The van der Waals surface area contributed by atoms with Crippen LogP contribution in [0.1, 0.15) is 11.1 Å². The van der Waals surface area contributed by atoms with Gasteiger partial charge in [0.2, 0.25) is 4.77 Å². The molecule has 2 heterocycles. The first-order chi connectivity index (χ1) is 12.0. The van der Waals surface area contributed by atoms with E-state index in [9.17, 15) is 4.79 Å². The largest absolute Gasteiger partial charge is 0.468 e. The standard InChI is InChI=1S/C16H21N5O2S2/c1-11-4-5-13(12(2)8-11)21-16(24)20(17-18-21)10-19-6-7-25-14(9-19)15(22)23-3/h4-5,8,14H,6-7,9-10H2,1-3H3/t14-/m0/s1. The molecular formula is C16H21N5O2S2. The van der Waals surface area contributed by atoms with E-state index in [1.54, 1.807) is 21.1 Å². The fraction of sp³-hybridized carbons (Fsp3) is 0.500. The molecule has 1 saturated heterocycles. The van der Waals surface area contributed by atoms with Crippen LogP contribution in [0.25, 0.3) is 5.69 Å². The summed E-state index contributed by atoms with van der Waals surface area (Å²) in [4.78, 5) is 13.9. The Hall–Kier alpha value is -1.71. The van der Waals surface area contributed by atoms with Crippen LogP contribution in [0.5, 0.6) is 0 Å². The second-order valence-electron chi connectivity index (χ2n) is 6.06. The van der Waals surface area contributed by atoms with E-state index in [0.717, 1.165) is 23.5 Å². The zero-order valence-corrected chi connectivity index (χ0v) is 16.1. The number of hydrogen-bond donors (Lipinski definition) is 0. The number of rotatable bonds is 4. The van der Waals surface area contributed by atoms with E-state index in [2.05, 4.69) is 28.3 Å². The summed E-state index contributed by atoms with van der Waals surface area (Å²) in [5, 5.41) is 8.25. The molecule has 1 aliphatic heterocycles. The van der Waals surface area contributed by atoms with Gasteiger partial charge in [-0.25, -0.2) is 4.68 Å². The number of hydrogen-bond acceptors (Lipinski definition) is 7. The van der Waals surface area contributed by atoms with E-state index in [4.69, 9.17) is 17.0 Å². The van der Waals surface area contributed by atoms with Gasteiger partial charge in [0, 0.05) is 18.8 Å². The topological polar surface area (TPSA) is 65.2 Å². The minimum atomic E-state index is -0.183. The monoisotopic (exact) mass is 379 g/mol. The minimum absolute atomic E-state index is 0.165. The molecule has 3 rings (SSSR count). The summed E-state index contributed by atoms with van der Waals surface area (Å²) in [6, 6.07) is 6.13. The molecule has 0 unspecified atom stereocenters. The van der Waals surface area contributed by atoms with Gasteiger partial charge >= 0.3 is 5.97 Å². The maximum Gasteiger partial charge on any atom is 0.320 e. The molecule has 1 atom stereocenters. The van der Waals surface area contributed by atoms with Crippen molar-refractivity contribution in [1.82, 2.24) is 24.7 Å². The third kappa shape index (κ3) is 3.94. The van der Waals surface area contributed by atoms with E-state index < -0.39 is 0 Å². The van der Waals surface area contributed by atoms with Crippen LogP contribution in [-0.2, 0) is 16.2 Å². The highest BCUT2D eigenvalue weighted by atomic mass is 32.2. The zero-order valence-electron chi connectivity index (χ0n) is 14.5. The fourth-order valence-corrected chi connectivity index (χ4v) is 4.28. The molecular weight excluding hydrogens is 358 g/mol. The summed E-state index contributed by atoms with van der Waals surface area (Å²) < 4.78 is 8.77. The van der Waals surface area contributed by atoms with E-state index in [1.165, 1.54) is 12.7 Å². The highest BCUT2D eigenvalue weighted by molar-refractivity contribution is 8.00. The van der Waals surface area contributed by atoms with Gasteiger partial charge in [0.05, 0.1) is 19.5 Å². The predicted molar refractivity (Wildman–Crippen MR) is 99.5 cm³/mol. The number of aromatic nitrogens is 4. The average Bonchev–Trinajstić information content (AvgIpc) is 2.95. The van der Waals surface area contributed by atoms with Crippen LogP contribution in [-0.4, -0.2) is 61.9 Å². The molecule has 25 heavy (non-hydrogen) atoms. The molecule has 134 valence electrons. The van der Waals surface area contributed by atoms with Crippen molar-refractivity contribution in [3.05, 3.63) is 34.1 Å². The number of benzene rings is 1. The van der Waals surface area contributed by atoms with Crippen molar-refractivity contribution < 1.29 is 9.53 Å². The van der Waals surface area contributed by atoms with Crippen LogP contribution in [0.4, 0.5) is 0 Å². The molecule has 0 aliphatic carbocycles. The summed E-state index contributed by atoms with van der Waals surface area (Å²) in [6.07, 6.45) is 0. The van der Waals surface area contributed by atoms with Gasteiger partial charge < -0.3 is 4.74 Å². The van der Waals surface area contributed by atoms with Crippen molar-refractivity contribution in [1.29, 1.82) is 0 Å². The Balaban J connectivity index is 1.77. The molecule has 0 N–H and O–H groups in total. The van der Waals surface area contributed by atoms with Crippen LogP contribution >= 0.6 is 24.0 Å². The fourth-order valence-electron chi connectivity index (χ4n) is 2.85. The smallest absolute Gasteiger partial charge is 0.320 e. The summed E-state index contributed by atoms with van der Waals surface area (Å²) in [6.45, 7) is 6.09. The average molecular weight is 380 g/mol. The van der Waals surface area contributed by atoms with Gasteiger partial charge in [-0.1, -0.05) is 17.7 Å². The van der Waals surface area contributed by atoms with Gasteiger partial charge in [-0.2, -0.15) is 4.68 Å². The number of methoxy groups -OCH3 is 1. The molecule has 2 aromatic rings. The third-order valence-corrected chi connectivity index (χ3v) is 5.71. The summed E-state index contributed by atoms with van der Waals surface area (Å²) in [5.41, 5.74) is 3.23. The van der Waals surface area contributed by atoms with Crippen LogP contribution < -0.4 is 0 Å². The van der Waals surface area contributed by atoms with Gasteiger partial charge in [-0.15, -0.1) is 11.8 Å². The number of tetrazole rings is 1. The van der Waals surface area contributed by atoms with E-state index in [0.29, 0.717) is 18.0 Å². The lowest BCUT2D eigenvalue weighted by Crippen LogP contribution is -2.42. The van der Waals surface area contributed by atoms with Gasteiger partial charge in [-0.3, -0.25) is 9.69 Å². The number of thioether (sulfide) groups is 1. The number of esters is 1. The first-order valence-corrected chi connectivity index (χ1v) is 9.47. The van der Waals surface area contributed by atoms with Gasteiger partial charge in [-0.05, 0) is 48.1 Å². The molecule has 9 heteroatoms. The Morgan fingerprint density at radius 2 is 2.20 bits per heavy atom. The normalized spacial score (nSPS) is 18.3. The summed E-state index contributed by atoms with van der Waals surface area (Å²) in [7, 11) is 1.42. The number of nitrogens with zero attached hydrogens (tertiary/aromatic N) is 5. The van der Waals surface area contributed by atoms with Crippen molar-refractivity contribution in [2.24, 2.45) is 0 Å². The molecule has 0 bridgehead atoms. The van der Waals surface area contributed by atoms with Crippen molar-refractivity contribution in [2.75, 3.05) is 26.0 Å². The molecule has 0 saturated carbocycles. The van der Waals surface area contributed by atoms with Crippen LogP contribution in [0.15, 0.2) is 18.2 Å². The Kier molecular flexibility index (Phi) is 5.55. The van der Waals surface area contributed by atoms with Crippen LogP contribution in [0, 0.1) is 18.6 Å². The van der Waals surface area contributed by atoms with Gasteiger partial charge in [0.25, 0.3) is 0 Å². The lowest BCUT2D eigenvalue weighted by Gasteiger charge is -2.30. The number of aryl methyl sites for hydroxylation is 2. The molecule has 7 nitrogen and oxygen atoms in total. The van der Waals surface area contributed by atoms with E-state index in [-0.39, 0.29) is 11.2 Å². The van der Waals surface area contributed by atoms with E-state index >= 15 is 0 Å². The Labute approximate surface area is 155 Å². The maximum atomic E-state index is 11.8. The van der Waals surface area contributed by atoms with Crippen LogP contribution in [0.3, 0.4) is 0 Å². The molecule has 0 radical (unpaired) electrons. The first kappa shape index (κ1) is 18.1. The third-order valence-electron chi connectivity index (χ3n) is 4.17. The predicted octanol–water partition coefficient (Wildman–Crippen LogP) is 1.96. The Morgan fingerprint density at radius 1 is 1.40 bits per heavy atom. The quantitative estimate of drug-likeness (QED) is 0.594. The Morgan fingerprint density at radius 3 is 2.92 bits per heavy atom. The van der Waals surface area contributed by atoms with Crippen molar-refractivity contribution in [3.63, 3.8) is 0 Å². The Bertz CT molecular complexity index is 832. The van der Waals surface area contributed by atoms with Crippen molar-refractivity contribution >= 4 is 29.9 Å². The highest BCUT2D eigenvalue weighted by Gasteiger charge is 2.27.